The van der Waals surface area contributed by atoms with Crippen molar-refractivity contribution in [2.45, 2.75) is 6.54 Å². The molecule has 8 heteroatoms. The van der Waals surface area contributed by atoms with Crippen molar-refractivity contribution in [3.05, 3.63) is 51.0 Å². The quantitative estimate of drug-likeness (QED) is 0.661. The Labute approximate surface area is 124 Å². The maximum atomic E-state index is 12.5. The summed E-state index contributed by atoms with van der Waals surface area (Å²) in [7, 11) is 1.61. The van der Waals surface area contributed by atoms with Gasteiger partial charge in [0, 0.05) is 7.05 Å². The molecule has 0 amide bonds. The number of aromatic nitrogens is 5. The Morgan fingerprint density at radius 1 is 1.38 bits per heavy atom. The van der Waals surface area contributed by atoms with Gasteiger partial charge in [-0.05, 0) is 23.2 Å². The minimum atomic E-state index is -0.342. The zero-order valence-electron chi connectivity index (χ0n) is 11.0. The molecular weight excluding hydrogens is 292 g/mol. The normalized spacial score (nSPS) is 10.7. The van der Waals surface area contributed by atoms with Gasteiger partial charge in [0.05, 0.1) is 18.2 Å². The molecule has 0 bridgehead atoms. The maximum Gasteiger partial charge on any atom is 0.282 e. The van der Waals surface area contributed by atoms with Crippen molar-refractivity contribution in [2.75, 3.05) is 0 Å². The largest absolute Gasteiger partial charge is 0.282 e. The smallest absolute Gasteiger partial charge is 0.277 e. The van der Waals surface area contributed by atoms with Crippen LogP contribution >= 0.6 is 11.6 Å². The topological polar surface area (TPSA) is 89.4 Å². The van der Waals surface area contributed by atoms with Crippen molar-refractivity contribution in [1.29, 1.82) is 5.26 Å². The maximum absolute atomic E-state index is 12.5. The lowest BCUT2D eigenvalue weighted by molar-refractivity contribution is 0.716. The van der Waals surface area contributed by atoms with Crippen molar-refractivity contribution in [2.24, 2.45) is 7.05 Å². The van der Waals surface area contributed by atoms with Gasteiger partial charge in [-0.25, -0.2) is 4.68 Å². The summed E-state index contributed by atoms with van der Waals surface area (Å²) in [5.74, 6) is 0. The van der Waals surface area contributed by atoms with Crippen LogP contribution in [0, 0.1) is 11.3 Å². The SMILES string of the molecule is Cn1nnc2nc(Cl)n(Cc3ccccc3C#N)c(=O)c21. The summed E-state index contributed by atoms with van der Waals surface area (Å²) in [5.41, 5.74) is 1.32. The average molecular weight is 301 g/mol. The van der Waals surface area contributed by atoms with E-state index < -0.39 is 0 Å². The second-order valence-corrected chi connectivity index (χ2v) is 4.76. The van der Waals surface area contributed by atoms with E-state index in [0.29, 0.717) is 11.1 Å². The van der Waals surface area contributed by atoms with Crippen molar-refractivity contribution in [3.8, 4) is 6.07 Å². The summed E-state index contributed by atoms with van der Waals surface area (Å²) in [6.07, 6.45) is 0. The molecule has 0 fully saturated rings. The lowest BCUT2D eigenvalue weighted by atomic mass is 10.1. The van der Waals surface area contributed by atoms with Gasteiger partial charge in [-0.1, -0.05) is 23.4 Å². The Morgan fingerprint density at radius 2 is 2.14 bits per heavy atom. The van der Waals surface area contributed by atoms with Crippen molar-refractivity contribution >= 4 is 22.8 Å². The monoisotopic (exact) mass is 300 g/mol. The number of rotatable bonds is 2. The van der Waals surface area contributed by atoms with Gasteiger partial charge in [-0.2, -0.15) is 10.2 Å². The van der Waals surface area contributed by atoms with Crippen LogP contribution in [0.15, 0.2) is 29.1 Å². The summed E-state index contributed by atoms with van der Waals surface area (Å²) in [5, 5.41) is 16.7. The van der Waals surface area contributed by atoms with Gasteiger partial charge in [0.1, 0.15) is 0 Å². The molecule has 0 N–H and O–H groups in total. The summed E-state index contributed by atoms with van der Waals surface area (Å²) in [6, 6.07) is 9.11. The number of hydrogen-bond donors (Lipinski definition) is 0. The van der Waals surface area contributed by atoms with Gasteiger partial charge in [-0.3, -0.25) is 9.36 Å². The Kier molecular flexibility index (Phi) is 3.16. The summed E-state index contributed by atoms with van der Waals surface area (Å²) in [4.78, 5) is 16.5. The first-order chi connectivity index (χ1) is 10.1. The average Bonchev–Trinajstić information content (AvgIpc) is 2.85. The molecule has 104 valence electrons. The molecule has 0 unspecified atom stereocenters. The van der Waals surface area contributed by atoms with E-state index in [1.54, 1.807) is 31.3 Å². The molecule has 0 saturated heterocycles. The van der Waals surface area contributed by atoms with Crippen LogP contribution in [0.25, 0.3) is 11.2 Å². The Hall–Kier alpha value is -2.72. The van der Waals surface area contributed by atoms with Gasteiger partial charge >= 0.3 is 0 Å². The van der Waals surface area contributed by atoms with Crippen LogP contribution in [0.1, 0.15) is 11.1 Å². The number of benzene rings is 1. The lowest BCUT2D eigenvalue weighted by Crippen LogP contribution is -2.24. The minimum Gasteiger partial charge on any atom is -0.277 e. The van der Waals surface area contributed by atoms with Crippen LogP contribution < -0.4 is 5.56 Å². The van der Waals surface area contributed by atoms with Crippen molar-refractivity contribution < 1.29 is 0 Å². The molecule has 3 aromatic rings. The highest BCUT2D eigenvalue weighted by Gasteiger charge is 2.15. The number of fused-ring (bicyclic) bond motifs is 1. The number of aryl methyl sites for hydroxylation is 1. The fraction of sp³-hybridized carbons (Fsp3) is 0.154. The second-order valence-electron chi connectivity index (χ2n) is 4.43. The van der Waals surface area contributed by atoms with Crippen molar-refractivity contribution in [3.63, 3.8) is 0 Å². The highest BCUT2D eigenvalue weighted by atomic mass is 35.5. The van der Waals surface area contributed by atoms with E-state index in [0.717, 1.165) is 0 Å². The Bertz CT molecular complexity index is 936. The standard InChI is InChI=1S/C13H9ClN6O/c1-19-10-11(17-18-19)16-13(14)20(12(10)21)7-9-5-3-2-4-8(9)6-15/h2-5H,7H2,1H3. The third kappa shape index (κ3) is 2.15. The summed E-state index contributed by atoms with van der Waals surface area (Å²) < 4.78 is 2.65. The third-order valence-electron chi connectivity index (χ3n) is 3.14. The Morgan fingerprint density at radius 3 is 2.90 bits per heavy atom. The van der Waals surface area contributed by atoms with Gasteiger partial charge in [0.2, 0.25) is 10.9 Å². The Balaban J connectivity index is 2.19. The van der Waals surface area contributed by atoms with E-state index in [9.17, 15) is 4.79 Å². The van der Waals surface area contributed by atoms with Crippen molar-refractivity contribution in [1.82, 2.24) is 24.5 Å². The molecule has 2 aromatic heterocycles. The molecule has 0 saturated carbocycles. The molecule has 2 heterocycles. The molecule has 0 spiro atoms. The van der Waals surface area contributed by atoms with E-state index >= 15 is 0 Å². The predicted molar refractivity (Wildman–Crippen MR) is 75.8 cm³/mol. The molecule has 0 aliphatic carbocycles. The molecule has 7 nitrogen and oxygen atoms in total. The first-order valence-electron chi connectivity index (χ1n) is 6.05. The van der Waals surface area contributed by atoms with Gasteiger partial charge in [0.15, 0.2) is 5.52 Å². The second kappa shape index (κ2) is 5.00. The van der Waals surface area contributed by atoms with Crippen LogP contribution in [0.3, 0.4) is 0 Å². The van der Waals surface area contributed by atoms with Gasteiger partial charge in [0.25, 0.3) is 5.56 Å². The zero-order chi connectivity index (χ0) is 15.0. The van der Waals surface area contributed by atoms with Gasteiger partial charge < -0.3 is 0 Å². The number of nitriles is 1. The highest BCUT2D eigenvalue weighted by molar-refractivity contribution is 6.28. The number of halogens is 1. The first-order valence-corrected chi connectivity index (χ1v) is 6.43. The molecule has 0 aliphatic rings. The molecular formula is C13H9ClN6O. The summed E-state index contributed by atoms with van der Waals surface area (Å²) in [6.45, 7) is 0.162. The van der Waals surface area contributed by atoms with Gasteiger partial charge in [-0.15, -0.1) is 5.10 Å². The molecule has 1 aromatic carbocycles. The third-order valence-corrected chi connectivity index (χ3v) is 3.43. The minimum absolute atomic E-state index is 0.0146. The van der Waals surface area contributed by atoms with Crippen LogP contribution in [0.4, 0.5) is 0 Å². The molecule has 0 atom stereocenters. The van der Waals surface area contributed by atoms with Crippen LogP contribution in [0.5, 0.6) is 0 Å². The molecule has 21 heavy (non-hydrogen) atoms. The lowest BCUT2D eigenvalue weighted by Gasteiger charge is -2.09. The highest BCUT2D eigenvalue weighted by Crippen LogP contribution is 2.13. The van der Waals surface area contributed by atoms with E-state index in [4.69, 9.17) is 16.9 Å². The zero-order valence-corrected chi connectivity index (χ0v) is 11.7. The fourth-order valence-corrected chi connectivity index (χ4v) is 2.31. The fourth-order valence-electron chi connectivity index (χ4n) is 2.09. The first kappa shape index (κ1) is 13.3. The molecule has 0 aliphatic heterocycles. The van der Waals surface area contributed by atoms with E-state index in [1.165, 1.54) is 9.25 Å². The van der Waals surface area contributed by atoms with E-state index in [-0.39, 0.29) is 28.6 Å². The number of nitrogens with zero attached hydrogens (tertiary/aromatic N) is 6. The van der Waals surface area contributed by atoms with E-state index in [1.807, 2.05) is 0 Å². The van der Waals surface area contributed by atoms with Crippen LogP contribution in [-0.2, 0) is 13.6 Å². The molecule has 3 rings (SSSR count). The number of hydrogen-bond acceptors (Lipinski definition) is 5. The summed E-state index contributed by atoms with van der Waals surface area (Å²) >= 11 is 6.06. The van der Waals surface area contributed by atoms with Crippen LogP contribution in [-0.4, -0.2) is 24.5 Å². The van der Waals surface area contributed by atoms with E-state index in [2.05, 4.69) is 21.4 Å². The van der Waals surface area contributed by atoms with Crippen LogP contribution in [0.2, 0.25) is 5.28 Å². The molecule has 0 radical (unpaired) electrons. The predicted octanol–water partition coefficient (Wildman–Crippen LogP) is 1.10.